The summed E-state index contributed by atoms with van der Waals surface area (Å²) in [5, 5.41) is 11.5. The Morgan fingerprint density at radius 2 is 2.26 bits per heavy atom. The van der Waals surface area contributed by atoms with Crippen molar-refractivity contribution in [2.75, 3.05) is 20.3 Å². The number of benzene rings is 1. The van der Waals surface area contributed by atoms with Gasteiger partial charge in [0.25, 0.3) is 0 Å². The lowest BCUT2D eigenvalue weighted by Crippen LogP contribution is -2.18. The molecule has 0 unspecified atom stereocenters. The second-order valence-corrected chi connectivity index (χ2v) is 5.11. The van der Waals surface area contributed by atoms with Crippen LogP contribution in [0.4, 0.5) is 0 Å². The molecule has 0 atom stereocenters. The Balaban J connectivity index is 2.01. The number of aromatic nitrogens is 3. The maximum absolute atomic E-state index is 4.97. The van der Waals surface area contributed by atoms with Crippen LogP contribution >= 0.6 is 15.9 Å². The Bertz CT molecular complexity index is 541. The van der Waals surface area contributed by atoms with E-state index in [1.54, 1.807) is 11.8 Å². The van der Waals surface area contributed by atoms with Gasteiger partial charge in [0.05, 0.1) is 24.2 Å². The molecule has 6 heteroatoms. The summed E-state index contributed by atoms with van der Waals surface area (Å²) in [6.45, 7) is 4.25. The van der Waals surface area contributed by atoms with E-state index in [4.69, 9.17) is 4.74 Å². The Labute approximate surface area is 121 Å². The highest BCUT2D eigenvalue weighted by Gasteiger charge is 2.04. The second kappa shape index (κ2) is 6.79. The quantitative estimate of drug-likeness (QED) is 0.826. The Morgan fingerprint density at radius 3 is 3.00 bits per heavy atom. The highest BCUT2D eigenvalue weighted by Crippen LogP contribution is 2.19. The minimum Gasteiger partial charge on any atom is -0.383 e. The fraction of sp³-hybridized carbons (Fsp3) is 0.385. The molecule has 2 rings (SSSR count). The predicted octanol–water partition coefficient (Wildman–Crippen LogP) is 2.07. The second-order valence-electron chi connectivity index (χ2n) is 4.26. The Hall–Kier alpha value is -1.24. The third-order valence-corrected chi connectivity index (χ3v) is 3.63. The zero-order valence-electron chi connectivity index (χ0n) is 11.1. The van der Waals surface area contributed by atoms with Gasteiger partial charge < -0.3 is 10.1 Å². The van der Waals surface area contributed by atoms with Crippen molar-refractivity contribution < 1.29 is 4.74 Å². The van der Waals surface area contributed by atoms with Crippen LogP contribution in [0.15, 0.2) is 28.9 Å². The van der Waals surface area contributed by atoms with E-state index >= 15 is 0 Å². The fourth-order valence-corrected chi connectivity index (χ4v) is 1.91. The van der Waals surface area contributed by atoms with E-state index in [0.717, 1.165) is 22.4 Å². The molecule has 1 N–H and O–H groups in total. The summed E-state index contributed by atoms with van der Waals surface area (Å²) < 4.78 is 7.85. The van der Waals surface area contributed by atoms with Gasteiger partial charge in [-0.3, -0.25) is 0 Å². The predicted molar refractivity (Wildman–Crippen MR) is 77.4 cm³/mol. The average molecular weight is 325 g/mol. The Morgan fingerprint density at radius 1 is 1.42 bits per heavy atom. The molecule has 0 fully saturated rings. The van der Waals surface area contributed by atoms with Crippen molar-refractivity contribution in [2.24, 2.45) is 0 Å². The fourth-order valence-electron chi connectivity index (χ4n) is 1.67. The van der Waals surface area contributed by atoms with Gasteiger partial charge in [-0.1, -0.05) is 21.1 Å². The van der Waals surface area contributed by atoms with E-state index in [1.807, 2.05) is 18.3 Å². The highest BCUT2D eigenvalue weighted by molar-refractivity contribution is 9.10. The number of hydrogen-bond donors (Lipinski definition) is 1. The zero-order chi connectivity index (χ0) is 13.7. The van der Waals surface area contributed by atoms with Crippen LogP contribution in [0.2, 0.25) is 0 Å². The van der Waals surface area contributed by atoms with Crippen molar-refractivity contribution >= 4 is 15.9 Å². The molecule has 1 aromatic heterocycles. The van der Waals surface area contributed by atoms with Crippen LogP contribution in [0.1, 0.15) is 11.3 Å². The van der Waals surface area contributed by atoms with Crippen molar-refractivity contribution in [3.05, 3.63) is 40.1 Å². The first-order valence-corrected chi connectivity index (χ1v) is 6.87. The smallest absolute Gasteiger partial charge is 0.0969 e. The molecule has 0 spiro atoms. The van der Waals surface area contributed by atoms with Crippen LogP contribution in [-0.4, -0.2) is 35.3 Å². The molecule has 5 nitrogen and oxygen atoms in total. The monoisotopic (exact) mass is 324 g/mol. The molecule has 0 aliphatic rings. The van der Waals surface area contributed by atoms with E-state index in [9.17, 15) is 0 Å². The van der Waals surface area contributed by atoms with E-state index < -0.39 is 0 Å². The number of aryl methyl sites for hydroxylation is 1. The van der Waals surface area contributed by atoms with Gasteiger partial charge in [0.15, 0.2) is 0 Å². The van der Waals surface area contributed by atoms with Gasteiger partial charge in [0, 0.05) is 24.7 Å². The van der Waals surface area contributed by atoms with Gasteiger partial charge in [-0.05, 0) is 30.7 Å². The minimum atomic E-state index is 0.693. The van der Waals surface area contributed by atoms with Gasteiger partial charge in [0.1, 0.15) is 0 Å². The molecule has 0 saturated carbocycles. The van der Waals surface area contributed by atoms with Crippen molar-refractivity contribution in [1.82, 2.24) is 20.3 Å². The summed E-state index contributed by atoms with van der Waals surface area (Å²) in [6.07, 6.45) is 1.93. The molecule has 102 valence electrons. The summed E-state index contributed by atoms with van der Waals surface area (Å²) in [5.74, 6) is 0. The van der Waals surface area contributed by atoms with Gasteiger partial charge in [-0.25, -0.2) is 4.68 Å². The molecule has 0 saturated heterocycles. The lowest BCUT2D eigenvalue weighted by Gasteiger charge is -2.03. The molecule has 1 heterocycles. The van der Waals surface area contributed by atoms with Crippen LogP contribution in [0.5, 0.6) is 0 Å². The number of hydrogen-bond acceptors (Lipinski definition) is 4. The highest BCUT2D eigenvalue weighted by atomic mass is 79.9. The third-order valence-electron chi connectivity index (χ3n) is 2.74. The van der Waals surface area contributed by atoms with Crippen LogP contribution in [-0.2, 0) is 11.3 Å². The first-order chi connectivity index (χ1) is 9.20. The van der Waals surface area contributed by atoms with Crippen molar-refractivity contribution in [1.29, 1.82) is 0 Å². The topological polar surface area (TPSA) is 52.0 Å². The van der Waals surface area contributed by atoms with E-state index in [1.165, 1.54) is 5.56 Å². The molecule has 0 aliphatic carbocycles. The molecule has 0 radical (unpaired) electrons. The maximum atomic E-state index is 4.97. The number of nitrogens with zero attached hydrogens (tertiary/aromatic N) is 3. The van der Waals surface area contributed by atoms with Crippen molar-refractivity contribution in [3.63, 3.8) is 0 Å². The normalized spacial score (nSPS) is 10.9. The lowest BCUT2D eigenvalue weighted by molar-refractivity contribution is 0.199. The van der Waals surface area contributed by atoms with Crippen molar-refractivity contribution in [2.45, 2.75) is 13.5 Å². The maximum Gasteiger partial charge on any atom is 0.0969 e. The largest absolute Gasteiger partial charge is 0.383 e. The number of ether oxygens (including phenoxy) is 1. The van der Waals surface area contributed by atoms with Gasteiger partial charge in [-0.2, -0.15) is 0 Å². The summed E-state index contributed by atoms with van der Waals surface area (Å²) in [7, 11) is 1.69. The SMILES string of the molecule is COCCNCc1cn(-c2ccc(Br)c(C)c2)nn1. The number of rotatable bonds is 6. The lowest BCUT2D eigenvalue weighted by atomic mass is 10.2. The van der Waals surface area contributed by atoms with Gasteiger partial charge in [-0.15, -0.1) is 5.10 Å². The average Bonchev–Trinajstić information content (AvgIpc) is 2.87. The minimum absolute atomic E-state index is 0.693. The van der Waals surface area contributed by atoms with Gasteiger partial charge in [0.2, 0.25) is 0 Å². The molecule has 0 bridgehead atoms. The first-order valence-electron chi connectivity index (χ1n) is 6.08. The van der Waals surface area contributed by atoms with Crippen LogP contribution in [0.25, 0.3) is 5.69 Å². The molecular weight excluding hydrogens is 308 g/mol. The number of methoxy groups -OCH3 is 1. The van der Waals surface area contributed by atoms with E-state index in [0.29, 0.717) is 13.2 Å². The standard InChI is InChI=1S/C13H17BrN4O/c1-10-7-12(3-4-13(10)14)18-9-11(16-17-18)8-15-5-6-19-2/h3-4,7,9,15H,5-6,8H2,1-2H3. The van der Waals surface area contributed by atoms with Crippen molar-refractivity contribution in [3.8, 4) is 5.69 Å². The van der Waals surface area contributed by atoms with E-state index in [-0.39, 0.29) is 0 Å². The van der Waals surface area contributed by atoms with Crippen LogP contribution < -0.4 is 5.32 Å². The third kappa shape index (κ3) is 3.86. The molecule has 1 aromatic carbocycles. The number of nitrogens with one attached hydrogen (secondary N) is 1. The first kappa shape index (κ1) is 14.2. The van der Waals surface area contributed by atoms with Gasteiger partial charge >= 0.3 is 0 Å². The molecular formula is C13H17BrN4O. The molecule has 0 aliphatic heterocycles. The summed E-state index contributed by atoms with van der Waals surface area (Å²) >= 11 is 3.49. The Kier molecular flexibility index (Phi) is 5.07. The molecule has 0 amide bonds. The summed E-state index contributed by atoms with van der Waals surface area (Å²) in [4.78, 5) is 0. The van der Waals surface area contributed by atoms with Crippen LogP contribution in [0.3, 0.4) is 0 Å². The molecule has 19 heavy (non-hydrogen) atoms. The number of halogens is 1. The summed E-state index contributed by atoms with van der Waals surface area (Å²) in [5.41, 5.74) is 3.10. The van der Waals surface area contributed by atoms with Crippen LogP contribution in [0, 0.1) is 6.92 Å². The zero-order valence-corrected chi connectivity index (χ0v) is 12.6. The molecule has 2 aromatic rings. The van der Waals surface area contributed by atoms with E-state index in [2.05, 4.69) is 44.5 Å². The summed E-state index contributed by atoms with van der Waals surface area (Å²) in [6, 6.07) is 6.09.